The van der Waals surface area contributed by atoms with Gasteiger partial charge in [-0.2, -0.15) is 0 Å². The predicted molar refractivity (Wildman–Crippen MR) is 101 cm³/mol. The summed E-state index contributed by atoms with van der Waals surface area (Å²) in [6.07, 6.45) is 5.20. The van der Waals surface area contributed by atoms with Crippen LogP contribution in [0.1, 0.15) is 46.0 Å². The van der Waals surface area contributed by atoms with Gasteiger partial charge in [0.2, 0.25) is 5.69 Å². The van der Waals surface area contributed by atoms with Gasteiger partial charge in [-0.3, -0.25) is 0 Å². The van der Waals surface area contributed by atoms with E-state index in [-0.39, 0.29) is 0 Å². The Hall–Kier alpha value is -2.42. The van der Waals surface area contributed by atoms with Crippen molar-refractivity contribution in [3.8, 4) is 16.9 Å². The summed E-state index contributed by atoms with van der Waals surface area (Å²) in [5.41, 5.74) is 6.10. The van der Waals surface area contributed by atoms with Crippen LogP contribution >= 0.6 is 0 Å². The molecular formula is C22H26N3+. The van der Waals surface area contributed by atoms with Crippen molar-refractivity contribution in [2.24, 2.45) is 12.5 Å². The van der Waals surface area contributed by atoms with Crippen LogP contribution in [0.3, 0.4) is 0 Å². The maximum absolute atomic E-state index is 8.68. The van der Waals surface area contributed by atoms with Crippen molar-refractivity contribution >= 4 is 0 Å². The zero-order chi connectivity index (χ0) is 19.6. The van der Waals surface area contributed by atoms with Gasteiger partial charge in [0.25, 0.3) is 0 Å². The van der Waals surface area contributed by atoms with Gasteiger partial charge in [0, 0.05) is 33.7 Å². The Labute approximate surface area is 152 Å². The van der Waals surface area contributed by atoms with Crippen LogP contribution in [0.4, 0.5) is 0 Å². The summed E-state index contributed by atoms with van der Waals surface area (Å²) in [5, 5.41) is 0. The summed E-state index contributed by atoms with van der Waals surface area (Å²) in [6.45, 7) is 7.97. The molecule has 0 atom stereocenters. The molecule has 3 nitrogen and oxygen atoms in total. The number of imidazole rings is 1. The van der Waals surface area contributed by atoms with Crippen LogP contribution in [0, 0.1) is 12.3 Å². The molecule has 0 radical (unpaired) electrons. The Balaban J connectivity index is 1.93. The van der Waals surface area contributed by atoms with Crippen LogP contribution in [0.25, 0.3) is 16.9 Å². The Bertz CT molecular complexity index is 1040. The number of hydrogen-bond acceptors (Lipinski definition) is 1. The van der Waals surface area contributed by atoms with Gasteiger partial charge in [-0.1, -0.05) is 26.8 Å². The van der Waals surface area contributed by atoms with E-state index < -0.39 is 11.8 Å². The molecule has 4 rings (SSSR count). The molecular weight excluding hydrogens is 306 g/mol. The number of nitrogens with zero attached hydrogens (tertiary/aromatic N) is 3. The molecule has 2 aromatic heterocycles. The highest BCUT2D eigenvalue weighted by Gasteiger charge is 2.27. The summed E-state index contributed by atoms with van der Waals surface area (Å²) in [7, 11) is 2.03. The zero-order valence-electron chi connectivity index (χ0n) is 17.6. The molecule has 0 fully saturated rings. The normalized spacial score (nSPS) is 14.8. The smallest absolute Gasteiger partial charge is 0.213 e. The molecule has 0 bridgehead atoms. The maximum atomic E-state index is 8.68. The van der Waals surface area contributed by atoms with Crippen molar-refractivity contribution in [2.75, 3.05) is 0 Å². The number of pyridine rings is 1. The van der Waals surface area contributed by atoms with E-state index in [1.54, 1.807) is 0 Å². The molecule has 3 heterocycles. The summed E-state index contributed by atoms with van der Waals surface area (Å²) in [5.74, 6) is 1.06. The topological polar surface area (TPSA) is 21.7 Å². The van der Waals surface area contributed by atoms with Crippen molar-refractivity contribution in [3.05, 3.63) is 65.4 Å². The first-order chi connectivity index (χ1) is 12.6. The molecule has 0 saturated carbocycles. The van der Waals surface area contributed by atoms with Gasteiger partial charge < -0.3 is 4.57 Å². The fraction of sp³-hybridized carbons (Fsp3) is 0.364. The number of fused-ring (bicyclic) bond motifs is 3. The molecule has 1 aliphatic heterocycles. The third-order valence-corrected chi connectivity index (χ3v) is 4.73. The molecule has 0 saturated heterocycles. The minimum Gasteiger partial charge on any atom is -0.303 e. The number of rotatable bonds is 2. The van der Waals surface area contributed by atoms with Crippen LogP contribution in [0.2, 0.25) is 0 Å². The quantitative estimate of drug-likeness (QED) is 0.504. The average Bonchev–Trinajstić information content (AvgIpc) is 3.15. The van der Waals surface area contributed by atoms with Gasteiger partial charge in [0.15, 0.2) is 6.20 Å². The zero-order valence-corrected chi connectivity index (χ0v) is 15.6. The van der Waals surface area contributed by atoms with E-state index in [0.717, 1.165) is 23.5 Å². The first-order valence-electron chi connectivity index (χ1n) is 9.77. The first-order valence-corrected chi connectivity index (χ1v) is 8.77. The largest absolute Gasteiger partial charge is 0.303 e. The second-order valence-corrected chi connectivity index (χ2v) is 7.93. The fourth-order valence-corrected chi connectivity index (χ4v) is 3.69. The van der Waals surface area contributed by atoms with E-state index in [1.807, 2.05) is 58.5 Å². The first kappa shape index (κ1) is 13.8. The number of aryl methyl sites for hydroxylation is 2. The van der Waals surface area contributed by atoms with Gasteiger partial charge in [0.05, 0.1) is 11.3 Å². The fourth-order valence-electron chi connectivity index (χ4n) is 3.69. The Morgan fingerprint density at radius 3 is 2.84 bits per heavy atom. The maximum Gasteiger partial charge on any atom is 0.213 e. The highest BCUT2D eigenvalue weighted by atomic mass is 15.1. The lowest BCUT2D eigenvalue weighted by molar-refractivity contribution is -0.660. The summed E-state index contributed by atoms with van der Waals surface area (Å²) < 4.78 is 21.6. The molecule has 0 unspecified atom stereocenters. The lowest BCUT2D eigenvalue weighted by atomic mass is 9.87. The second kappa shape index (κ2) is 5.55. The van der Waals surface area contributed by atoms with Crippen molar-refractivity contribution in [2.45, 2.75) is 40.5 Å². The van der Waals surface area contributed by atoms with Gasteiger partial charge in [-0.15, -0.1) is 0 Å². The van der Waals surface area contributed by atoms with Crippen LogP contribution in [0.15, 0.2) is 42.9 Å². The molecule has 3 aromatic rings. The highest BCUT2D eigenvalue weighted by molar-refractivity contribution is 5.73. The van der Waals surface area contributed by atoms with E-state index in [9.17, 15) is 0 Å². The SMILES string of the molecule is [2H]C([2H])(c1cc[n+](C)c(-c2c(C)ccc3c2Cc2nccn2-3)c1)C(C)(C)C. The Morgan fingerprint density at radius 2 is 2.08 bits per heavy atom. The summed E-state index contributed by atoms with van der Waals surface area (Å²) in [4.78, 5) is 4.48. The Morgan fingerprint density at radius 1 is 1.28 bits per heavy atom. The molecule has 0 amide bonds. The van der Waals surface area contributed by atoms with Gasteiger partial charge >= 0.3 is 0 Å². The minimum absolute atomic E-state index is 0.486. The van der Waals surface area contributed by atoms with E-state index in [0.29, 0.717) is 0 Å². The molecule has 3 heteroatoms. The third-order valence-electron chi connectivity index (χ3n) is 4.73. The summed E-state index contributed by atoms with van der Waals surface area (Å²) >= 11 is 0. The van der Waals surface area contributed by atoms with Crippen LogP contribution in [0.5, 0.6) is 0 Å². The van der Waals surface area contributed by atoms with Gasteiger partial charge in [-0.05, 0) is 41.5 Å². The molecule has 1 aromatic carbocycles. The van der Waals surface area contributed by atoms with E-state index in [1.165, 1.54) is 22.4 Å². The summed E-state index contributed by atoms with van der Waals surface area (Å²) in [6, 6.07) is 8.23. The standard InChI is InChI=1S/C22H26N3/c1-15-6-7-18-17(13-20-23-9-11-25(18)20)21(15)19-12-16(8-10-24(19)5)14-22(2,3)4/h6-12H,13-14H2,1-5H3/q+1/i14D2. The van der Waals surface area contributed by atoms with Crippen molar-refractivity contribution in [1.29, 1.82) is 0 Å². The van der Waals surface area contributed by atoms with Crippen LogP contribution < -0.4 is 4.57 Å². The molecule has 128 valence electrons. The molecule has 0 spiro atoms. The van der Waals surface area contributed by atoms with E-state index in [2.05, 4.69) is 33.2 Å². The number of aromatic nitrogens is 3. The molecule has 0 aliphatic carbocycles. The molecule has 0 N–H and O–H groups in total. The van der Waals surface area contributed by atoms with Crippen LogP contribution in [-0.4, -0.2) is 9.55 Å². The Kier molecular flexibility index (Phi) is 3.07. The van der Waals surface area contributed by atoms with Crippen molar-refractivity contribution in [3.63, 3.8) is 0 Å². The second-order valence-electron chi connectivity index (χ2n) is 7.93. The molecule has 25 heavy (non-hydrogen) atoms. The van der Waals surface area contributed by atoms with Crippen molar-refractivity contribution in [1.82, 2.24) is 9.55 Å². The lowest BCUT2D eigenvalue weighted by Crippen LogP contribution is -2.31. The lowest BCUT2D eigenvalue weighted by Gasteiger charge is -2.18. The number of benzene rings is 1. The van der Waals surface area contributed by atoms with E-state index >= 15 is 0 Å². The molecule has 1 aliphatic rings. The monoisotopic (exact) mass is 334 g/mol. The average molecular weight is 334 g/mol. The van der Waals surface area contributed by atoms with Crippen LogP contribution in [-0.2, 0) is 19.8 Å². The predicted octanol–water partition coefficient (Wildman–Crippen LogP) is 4.17. The minimum atomic E-state index is -1.42. The number of hydrogen-bond donors (Lipinski definition) is 0. The third kappa shape index (κ3) is 2.78. The van der Waals surface area contributed by atoms with Crippen molar-refractivity contribution < 1.29 is 7.31 Å². The van der Waals surface area contributed by atoms with Gasteiger partial charge in [-0.25, -0.2) is 9.55 Å². The van der Waals surface area contributed by atoms with Gasteiger partial charge in [0.1, 0.15) is 12.9 Å². The highest BCUT2D eigenvalue weighted by Crippen LogP contribution is 2.36. The van der Waals surface area contributed by atoms with E-state index in [4.69, 9.17) is 2.74 Å².